The molecule has 2 rings (SSSR count). The molecule has 0 aliphatic carbocycles. The van der Waals surface area contributed by atoms with Gasteiger partial charge in [0.15, 0.2) is 0 Å². The van der Waals surface area contributed by atoms with Gasteiger partial charge in [0.2, 0.25) is 0 Å². The fourth-order valence-electron chi connectivity index (χ4n) is 1.91. The number of carbonyl (C=O) groups excluding carboxylic acids is 1. The van der Waals surface area contributed by atoms with Gasteiger partial charge in [0.1, 0.15) is 5.75 Å². The first-order valence-electron chi connectivity index (χ1n) is 7.25. The third-order valence-corrected chi connectivity index (χ3v) is 3.04. The first-order chi connectivity index (χ1) is 10.3. The van der Waals surface area contributed by atoms with Crippen molar-refractivity contribution in [3.8, 4) is 5.75 Å². The quantitative estimate of drug-likeness (QED) is 0.455. The molecule has 0 radical (unpaired) electrons. The molecule has 1 aromatic carbocycles. The standard InChI is InChI=1S/C17H20N2O2.ClH/c1-2-3-4-5-17(20)21-16-8-6-14(7-9-16)19-15-10-12-18-13-11-15;/h6-13H,2-5H2,1H3,(H,18,19);1H. The second kappa shape index (κ2) is 9.79. The summed E-state index contributed by atoms with van der Waals surface area (Å²) in [5.41, 5.74) is 1.90. The van der Waals surface area contributed by atoms with E-state index in [1.807, 2.05) is 24.3 Å². The lowest BCUT2D eigenvalue weighted by Crippen LogP contribution is -2.07. The van der Waals surface area contributed by atoms with E-state index in [4.69, 9.17) is 4.74 Å². The molecule has 0 fully saturated rings. The van der Waals surface area contributed by atoms with Gasteiger partial charge in [-0.2, -0.15) is 0 Å². The number of hydrogen-bond acceptors (Lipinski definition) is 4. The summed E-state index contributed by atoms with van der Waals surface area (Å²) in [6, 6.07) is 11.1. The summed E-state index contributed by atoms with van der Waals surface area (Å²) in [7, 11) is 0. The molecule has 1 N–H and O–H groups in total. The fraction of sp³-hybridized carbons (Fsp3) is 0.294. The largest absolute Gasteiger partial charge is 0.427 e. The Kier molecular flexibility index (Phi) is 8.00. The number of rotatable bonds is 7. The van der Waals surface area contributed by atoms with E-state index < -0.39 is 0 Å². The maximum Gasteiger partial charge on any atom is 0.311 e. The fourth-order valence-corrected chi connectivity index (χ4v) is 1.91. The van der Waals surface area contributed by atoms with E-state index in [-0.39, 0.29) is 18.4 Å². The van der Waals surface area contributed by atoms with Crippen molar-refractivity contribution in [3.63, 3.8) is 0 Å². The molecule has 4 nitrogen and oxygen atoms in total. The van der Waals surface area contributed by atoms with Crippen molar-refractivity contribution in [2.45, 2.75) is 32.6 Å². The van der Waals surface area contributed by atoms with Gasteiger partial charge in [0.25, 0.3) is 0 Å². The van der Waals surface area contributed by atoms with Crippen molar-refractivity contribution in [1.82, 2.24) is 4.98 Å². The number of esters is 1. The summed E-state index contributed by atoms with van der Waals surface area (Å²) in [5.74, 6) is 0.412. The highest BCUT2D eigenvalue weighted by molar-refractivity contribution is 5.85. The average molecular weight is 321 g/mol. The van der Waals surface area contributed by atoms with Crippen molar-refractivity contribution in [2.75, 3.05) is 5.32 Å². The van der Waals surface area contributed by atoms with Crippen molar-refractivity contribution in [3.05, 3.63) is 48.8 Å². The van der Waals surface area contributed by atoms with Crippen LogP contribution in [0.15, 0.2) is 48.8 Å². The van der Waals surface area contributed by atoms with Gasteiger partial charge < -0.3 is 10.1 Å². The molecular weight excluding hydrogens is 300 g/mol. The highest BCUT2D eigenvalue weighted by atomic mass is 35.5. The number of nitrogens with one attached hydrogen (secondary N) is 1. The molecule has 0 bridgehead atoms. The van der Waals surface area contributed by atoms with Crippen LogP contribution in [-0.2, 0) is 4.79 Å². The maximum absolute atomic E-state index is 11.6. The van der Waals surface area contributed by atoms with E-state index >= 15 is 0 Å². The minimum absolute atomic E-state index is 0. The van der Waals surface area contributed by atoms with E-state index in [0.29, 0.717) is 12.2 Å². The number of ether oxygens (including phenoxy) is 1. The minimum Gasteiger partial charge on any atom is -0.427 e. The zero-order valence-electron chi connectivity index (χ0n) is 12.6. The van der Waals surface area contributed by atoms with Gasteiger partial charge in [-0.3, -0.25) is 9.78 Å². The van der Waals surface area contributed by atoms with E-state index in [1.165, 1.54) is 0 Å². The second-order valence-corrected chi connectivity index (χ2v) is 4.82. The number of carbonyl (C=O) groups is 1. The molecule has 0 aliphatic heterocycles. The smallest absolute Gasteiger partial charge is 0.311 e. The van der Waals surface area contributed by atoms with E-state index in [2.05, 4.69) is 17.2 Å². The predicted molar refractivity (Wildman–Crippen MR) is 91.0 cm³/mol. The summed E-state index contributed by atoms with van der Waals surface area (Å²) in [4.78, 5) is 15.6. The highest BCUT2D eigenvalue weighted by Crippen LogP contribution is 2.20. The van der Waals surface area contributed by atoms with Crippen LogP contribution >= 0.6 is 12.4 Å². The molecule has 1 aromatic heterocycles. The number of anilines is 2. The lowest BCUT2D eigenvalue weighted by atomic mass is 10.2. The van der Waals surface area contributed by atoms with Crippen LogP contribution in [-0.4, -0.2) is 11.0 Å². The zero-order valence-corrected chi connectivity index (χ0v) is 13.4. The SMILES string of the molecule is CCCCCC(=O)Oc1ccc(Nc2ccncc2)cc1.Cl. The van der Waals surface area contributed by atoms with Gasteiger partial charge in [0.05, 0.1) is 0 Å². The zero-order chi connectivity index (χ0) is 14.9. The van der Waals surface area contributed by atoms with Crippen molar-refractivity contribution in [2.24, 2.45) is 0 Å². The van der Waals surface area contributed by atoms with Gasteiger partial charge in [-0.1, -0.05) is 19.8 Å². The van der Waals surface area contributed by atoms with Crippen LogP contribution in [0.4, 0.5) is 11.4 Å². The predicted octanol–water partition coefficient (Wildman–Crippen LogP) is 4.73. The summed E-state index contributed by atoms with van der Waals surface area (Å²) >= 11 is 0. The number of hydrogen-bond donors (Lipinski definition) is 1. The highest BCUT2D eigenvalue weighted by Gasteiger charge is 2.04. The summed E-state index contributed by atoms with van der Waals surface area (Å²) < 4.78 is 5.29. The second-order valence-electron chi connectivity index (χ2n) is 4.82. The molecule has 0 saturated heterocycles. The van der Waals surface area contributed by atoms with Crippen molar-refractivity contribution >= 4 is 29.8 Å². The number of pyridine rings is 1. The first kappa shape index (κ1) is 18.0. The molecule has 0 unspecified atom stereocenters. The summed E-state index contributed by atoms with van der Waals surface area (Å²) in [5, 5.41) is 3.25. The van der Waals surface area contributed by atoms with Crippen LogP contribution in [0.2, 0.25) is 0 Å². The number of aromatic nitrogens is 1. The molecule has 0 aliphatic rings. The Labute approximate surface area is 137 Å². The van der Waals surface area contributed by atoms with E-state index in [0.717, 1.165) is 30.6 Å². The van der Waals surface area contributed by atoms with Crippen molar-refractivity contribution in [1.29, 1.82) is 0 Å². The Morgan fingerprint density at radius 3 is 2.32 bits per heavy atom. The molecule has 0 spiro atoms. The molecule has 1 heterocycles. The lowest BCUT2D eigenvalue weighted by molar-refractivity contribution is -0.134. The van der Waals surface area contributed by atoms with Gasteiger partial charge >= 0.3 is 5.97 Å². The summed E-state index contributed by atoms with van der Waals surface area (Å²) in [6.45, 7) is 2.11. The first-order valence-corrected chi connectivity index (χ1v) is 7.25. The van der Waals surface area contributed by atoms with Crippen LogP contribution in [0.5, 0.6) is 5.75 Å². The Morgan fingerprint density at radius 2 is 1.68 bits per heavy atom. The molecule has 0 amide bonds. The van der Waals surface area contributed by atoms with Crippen LogP contribution < -0.4 is 10.1 Å². The van der Waals surface area contributed by atoms with Gasteiger partial charge in [-0.15, -0.1) is 12.4 Å². The van der Waals surface area contributed by atoms with Crippen molar-refractivity contribution < 1.29 is 9.53 Å². The lowest BCUT2D eigenvalue weighted by Gasteiger charge is -2.08. The Morgan fingerprint density at radius 1 is 1.05 bits per heavy atom. The maximum atomic E-state index is 11.6. The monoisotopic (exact) mass is 320 g/mol. The van der Waals surface area contributed by atoms with E-state index in [9.17, 15) is 4.79 Å². The van der Waals surface area contributed by atoms with Gasteiger partial charge in [-0.05, 0) is 42.8 Å². The normalized spacial score (nSPS) is 9.68. The molecular formula is C17H21ClN2O2. The van der Waals surface area contributed by atoms with Crippen LogP contribution in [0.25, 0.3) is 0 Å². The van der Waals surface area contributed by atoms with Crippen LogP contribution in [0.1, 0.15) is 32.6 Å². The van der Waals surface area contributed by atoms with E-state index in [1.54, 1.807) is 24.5 Å². The minimum atomic E-state index is -0.168. The number of unbranched alkanes of at least 4 members (excludes halogenated alkanes) is 2. The number of halogens is 1. The molecule has 0 atom stereocenters. The third kappa shape index (κ3) is 6.14. The van der Waals surface area contributed by atoms with Crippen LogP contribution in [0.3, 0.4) is 0 Å². The van der Waals surface area contributed by atoms with Gasteiger partial charge in [0, 0.05) is 30.2 Å². The Bertz CT molecular complexity index is 559. The molecule has 0 saturated carbocycles. The molecule has 118 valence electrons. The number of benzene rings is 1. The summed E-state index contributed by atoms with van der Waals surface area (Å²) in [6.07, 6.45) is 6.98. The molecule has 22 heavy (non-hydrogen) atoms. The van der Waals surface area contributed by atoms with Gasteiger partial charge in [-0.25, -0.2) is 0 Å². The molecule has 5 heteroatoms. The topological polar surface area (TPSA) is 51.2 Å². The van der Waals surface area contributed by atoms with Crippen LogP contribution in [0, 0.1) is 0 Å². The Hall–Kier alpha value is -2.07. The number of nitrogens with zero attached hydrogens (tertiary/aromatic N) is 1. The molecule has 2 aromatic rings. The third-order valence-electron chi connectivity index (χ3n) is 3.04. The Balaban J connectivity index is 0.00000242. The average Bonchev–Trinajstić information content (AvgIpc) is 2.51.